The number of carbonyl (C=O) groups is 2. The molecular formula is C5H8N2O4. The molecule has 0 aromatic heterocycles. The Kier molecular flexibility index (Phi) is 1.95. The van der Waals surface area contributed by atoms with Crippen molar-refractivity contribution in [1.82, 2.24) is 10.2 Å². The van der Waals surface area contributed by atoms with Gasteiger partial charge < -0.3 is 15.5 Å². The van der Waals surface area contributed by atoms with Crippen LogP contribution in [0.2, 0.25) is 0 Å². The SMILES string of the molecule is O=C(O)N(C(=O)O)C1CNC1. The van der Waals surface area contributed by atoms with Gasteiger partial charge in [-0.25, -0.2) is 14.5 Å². The van der Waals surface area contributed by atoms with Gasteiger partial charge in [-0.15, -0.1) is 0 Å². The molecule has 1 fully saturated rings. The molecule has 6 heteroatoms. The van der Waals surface area contributed by atoms with E-state index >= 15 is 0 Å². The zero-order chi connectivity index (χ0) is 8.43. The summed E-state index contributed by atoms with van der Waals surface area (Å²) in [6.07, 6.45) is -2.83. The Hall–Kier alpha value is -1.30. The average molecular weight is 160 g/mol. The Morgan fingerprint density at radius 3 is 1.82 bits per heavy atom. The highest BCUT2D eigenvalue weighted by Crippen LogP contribution is 2.05. The van der Waals surface area contributed by atoms with Crippen molar-refractivity contribution in [2.75, 3.05) is 13.1 Å². The predicted octanol–water partition coefficient (Wildman–Crippen LogP) is -0.384. The van der Waals surface area contributed by atoms with E-state index in [1.165, 1.54) is 0 Å². The zero-order valence-corrected chi connectivity index (χ0v) is 5.65. The molecule has 0 bridgehead atoms. The summed E-state index contributed by atoms with van der Waals surface area (Å²) < 4.78 is 0. The van der Waals surface area contributed by atoms with Crippen molar-refractivity contribution >= 4 is 12.2 Å². The number of nitrogens with one attached hydrogen (secondary N) is 1. The summed E-state index contributed by atoms with van der Waals surface area (Å²) in [4.78, 5) is 21.0. The summed E-state index contributed by atoms with van der Waals surface area (Å²) in [6.45, 7) is 0.831. The molecule has 0 aliphatic carbocycles. The molecule has 1 rings (SSSR count). The van der Waals surface area contributed by atoms with Crippen molar-refractivity contribution in [3.63, 3.8) is 0 Å². The summed E-state index contributed by atoms with van der Waals surface area (Å²) in [6, 6.07) is -0.412. The fraction of sp³-hybridized carbons (Fsp3) is 0.600. The molecule has 2 amide bonds. The van der Waals surface area contributed by atoms with Crippen molar-refractivity contribution in [2.24, 2.45) is 0 Å². The Balaban J connectivity index is 2.58. The number of hydrogen-bond donors (Lipinski definition) is 3. The van der Waals surface area contributed by atoms with Crippen LogP contribution in [0, 0.1) is 0 Å². The van der Waals surface area contributed by atoms with Crippen molar-refractivity contribution < 1.29 is 19.8 Å². The monoisotopic (exact) mass is 160 g/mol. The molecule has 1 saturated heterocycles. The fourth-order valence-corrected chi connectivity index (χ4v) is 0.850. The second kappa shape index (κ2) is 2.75. The molecule has 3 N–H and O–H groups in total. The minimum atomic E-state index is -1.41. The summed E-state index contributed by atoms with van der Waals surface area (Å²) in [5, 5.41) is 19.6. The Labute approximate surface area is 62.4 Å². The molecule has 0 spiro atoms. The number of rotatable bonds is 1. The van der Waals surface area contributed by atoms with Gasteiger partial charge in [-0.3, -0.25) is 0 Å². The van der Waals surface area contributed by atoms with Gasteiger partial charge in [-0.2, -0.15) is 0 Å². The maximum atomic E-state index is 10.3. The third-order valence-electron chi connectivity index (χ3n) is 1.54. The molecule has 0 atom stereocenters. The van der Waals surface area contributed by atoms with E-state index in [1.54, 1.807) is 0 Å². The van der Waals surface area contributed by atoms with Crippen LogP contribution in [-0.2, 0) is 0 Å². The number of imide groups is 1. The third kappa shape index (κ3) is 1.40. The molecule has 0 aromatic rings. The molecule has 6 nitrogen and oxygen atoms in total. The molecule has 0 radical (unpaired) electrons. The van der Waals surface area contributed by atoms with Gasteiger partial charge in [0.15, 0.2) is 0 Å². The van der Waals surface area contributed by atoms with Crippen LogP contribution in [0.4, 0.5) is 9.59 Å². The van der Waals surface area contributed by atoms with Crippen LogP contribution >= 0.6 is 0 Å². The molecule has 1 aliphatic heterocycles. The molecule has 0 saturated carbocycles. The van der Waals surface area contributed by atoms with Crippen molar-refractivity contribution in [3.8, 4) is 0 Å². The van der Waals surface area contributed by atoms with Crippen LogP contribution in [-0.4, -0.2) is 46.4 Å². The van der Waals surface area contributed by atoms with E-state index in [-0.39, 0.29) is 0 Å². The van der Waals surface area contributed by atoms with Gasteiger partial charge in [-0.1, -0.05) is 0 Å². The van der Waals surface area contributed by atoms with Gasteiger partial charge in [0.1, 0.15) is 0 Å². The quantitative estimate of drug-likeness (QED) is 0.486. The lowest BCUT2D eigenvalue weighted by Gasteiger charge is -2.32. The lowest BCUT2D eigenvalue weighted by atomic mass is 10.1. The lowest BCUT2D eigenvalue weighted by molar-refractivity contribution is 0.0930. The molecule has 0 unspecified atom stereocenters. The minimum absolute atomic E-state index is 0.412. The Morgan fingerprint density at radius 2 is 1.73 bits per heavy atom. The summed E-state index contributed by atoms with van der Waals surface area (Å²) in [5.41, 5.74) is 0. The second-order valence-corrected chi connectivity index (χ2v) is 2.25. The average Bonchev–Trinajstić information content (AvgIpc) is 1.75. The van der Waals surface area contributed by atoms with Crippen molar-refractivity contribution in [2.45, 2.75) is 6.04 Å². The highest BCUT2D eigenvalue weighted by Gasteiger charge is 2.33. The van der Waals surface area contributed by atoms with Crippen molar-refractivity contribution in [1.29, 1.82) is 0 Å². The topological polar surface area (TPSA) is 89.9 Å². The first-order valence-electron chi connectivity index (χ1n) is 3.08. The van der Waals surface area contributed by atoms with E-state index in [1.807, 2.05) is 0 Å². The van der Waals surface area contributed by atoms with Crippen LogP contribution in [0.25, 0.3) is 0 Å². The second-order valence-electron chi connectivity index (χ2n) is 2.25. The van der Waals surface area contributed by atoms with E-state index < -0.39 is 18.2 Å². The fourth-order valence-electron chi connectivity index (χ4n) is 0.850. The lowest BCUT2D eigenvalue weighted by Crippen LogP contribution is -2.60. The Morgan fingerprint density at radius 1 is 1.27 bits per heavy atom. The summed E-state index contributed by atoms with van der Waals surface area (Å²) in [7, 11) is 0. The molecular weight excluding hydrogens is 152 g/mol. The summed E-state index contributed by atoms with van der Waals surface area (Å²) >= 11 is 0. The first kappa shape index (κ1) is 7.80. The summed E-state index contributed by atoms with van der Waals surface area (Å²) in [5.74, 6) is 0. The standard InChI is InChI=1S/C5H8N2O4/c8-4(9)7(5(10)11)3-1-6-2-3/h3,6H,1-2H2,(H,8,9)(H,10,11). The molecule has 1 aliphatic rings. The van der Waals surface area contributed by atoms with Gasteiger partial charge in [0, 0.05) is 13.1 Å². The maximum absolute atomic E-state index is 10.3. The highest BCUT2D eigenvalue weighted by atomic mass is 16.4. The van der Waals surface area contributed by atoms with Crippen LogP contribution in [0.5, 0.6) is 0 Å². The largest absolute Gasteiger partial charge is 0.465 e. The van der Waals surface area contributed by atoms with E-state index in [0.717, 1.165) is 0 Å². The number of amides is 2. The zero-order valence-electron chi connectivity index (χ0n) is 5.65. The van der Waals surface area contributed by atoms with Crippen LogP contribution in [0.3, 0.4) is 0 Å². The number of carboxylic acid groups (broad SMARTS) is 2. The Bertz CT molecular complexity index is 175. The van der Waals surface area contributed by atoms with Crippen LogP contribution in [0.15, 0.2) is 0 Å². The minimum Gasteiger partial charge on any atom is -0.465 e. The molecule has 62 valence electrons. The van der Waals surface area contributed by atoms with Crippen molar-refractivity contribution in [3.05, 3.63) is 0 Å². The first-order valence-corrected chi connectivity index (χ1v) is 3.08. The number of hydrogen-bond acceptors (Lipinski definition) is 3. The molecule has 1 heterocycles. The first-order chi connectivity index (χ1) is 5.13. The number of nitrogens with zero attached hydrogens (tertiary/aromatic N) is 1. The van der Waals surface area contributed by atoms with Crippen LogP contribution < -0.4 is 5.32 Å². The third-order valence-corrected chi connectivity index (χ3v) is 1.54. The van der Waals surface area contributed by atoms with E-state index in [9.17, 15) is 9.59 Å². The van der Waals surface area contributed by atoms with Gasteiger partial charge in [-0.05, 0) is 0 Å². The predicted molar refractivity (Wildman–Crippen MR) is 34.5 cm³/mol. The van der Waals surface area contributed by atoms with Gasteiger partial charge in [0.2, 0.25) is 0 Å². The van der Waals surface area contributed by atoms with E-state index in [0.29, 0.717) is 18.0 Å². The normalized spacial score (nSPS) is 17.1. The van der Waals surface area contributed by atoms with Crippen LogP contribution in [0.1, 0.15) is 0 Å². The molecule has 0 aromatic carbocycles. The van der Waals surface area contributed by atoms with E-state index in [4.69, 9.17) is 10.2 Å². The van der Waals surface area contributed by atoms with Gasteiger partial charge in [0.05, 0.1) is 6.04 Å². The maximum Gasteiger partial charge on any atom is 0.417 e. The smallest absolute Gasteiger partial charge is 0.417 e. The highest BCUT2D eigenvalue weighted by molar-refractivity contribution is 5.86. The van der Waals surface area contributed by atoms with Gasteiger partial charge >= 0.3 is 12.2 Å². The van der Waals surface area contributed by atoms with Gasteiger partial charge in [0.25, 0.3) is 0 Å². The molecule has 11 heavy (non-hydrogen) atoms. The van der Waals surface area contributed by atoms with E-state index in [2.05, 4.69) is 5.32 Å².